The number of halogens is 1. The number of carboxylic acid groups (broad SMARTS) is 1. The van der Waals surface area contributed by atoms with E-state index in [1.807, 2.05) is 0 Å². The third kappa shape index (κ3) is 3.71. The van der Waals surface area contributed by atoms with Gasteiger partial charge in [-0.25, -0.2) is 4.39 Å². The maximum atomic E-state index is 13.1. The van der Waals surface area contributed by atoms with Gasteiger partial charge in [0.05, 0.1) is 0 Å². The van der Waals surface area contributed by atoms with Crippen molar-refractivity contribution in [2.24, 2.45) is 11.0 Å². The molecule has 0 unspecified atom stereocenters. The average Bonchev–Trinajstić information content (AvgIpc) is 2.49. The van der Waals surface area contributed by atoms with Gasteiger partial charge in [0.2, 0.25) is 0 Å². The van der Waals surface area contributed by atoms with Gasteiger partial charge in [0.25, 0.3) is 0 Å². The summed E-state index contributed by atoms with van der Waals surface area (Å²) < 4.78 is 18.4. The lowest BCUT2D eigenvalue weighted by molar-refractivity contribution is -0.139. The highest BCUT2D eigenvalue weighted by Crippen LogP contribution is 2.36. The van der Waals surface area contributed by atoms with E-state index in [-0.39, 0.29) is 11.7 Å². The first-order chi connectivity index (χ1) is 10.1. The highest BCUT2D eigenvalue weighted by molar-refractivity contribution is 5.75. The van der Waals surface area contributed by atoms with Crippen molar-refractivity contribution < 1.29 is 19.0 Å². The molecule has 2 atom stereocenters. The largest absolute Gasteiger partial charge is 0.481 e. The smallest absolute Gasteiger partial charge is 0.313 e. The van der Waals surface area contributed by atoms with Crippen LogP contribution in [0.15, 0.2) is 29.4 Å². The minimum absolute atomic E-state index is 0.0239. The lowest BCUT2D eigenvalue weighted by atomic mass is 9.77. The minimum atomic E-state index is -1.21. The summed E-state index contributed by atoms with van der Waals surface area (Å²) in [5, 5.41) is 12.8. The molecule has 21 heavy (non-hydrogen) atoms. The molecule has 7 heteroatoms. The fourth-order valence-corrected chi connectivity index (χ4v) is 2.80. The fraction of sp³-hybridized carbons (Fsp3) is 0.500. The van der Waals surface area contributed by atoms with Crippen molar-refractivity contribution in [1.82, 2.24) is 0 Å². The first-order valence-electron chi connectivity index (χ1n) is 6.73. The third-order valence-corrected chi connectivity index (χ3v) is 3.80. The Hall–Kier alpha value is -2.11. The van der Waals surface area contributed by atoms with Crippen LogP contribution >= 0.6 is 0 Å². The number of hydrogen-bond donors (Lipinski definition) is 1. The summed E-state index contributed by atoms with van der Waals surface area (Å²) in [6.07, 6.45) is 1.37. The molecule has 0 aromatic heterocycles. The Morgan fingerprint density at radius 3 is 2.52 bits per heavy atom. The van der Waals surface area contributed by atoms with Gasteiger partial charge >= 0.3 is 5.97 Å². The van der Waals surface area contributed by atoms with Gasteiger partial charge in [-0.05, 0) is 42.0 Å². The Morgan fingerprint density at radius 2 is 2.00 bits per heavy atom. The fourth-order valence-electron chi connectivity index (χ4n) is 2.80. The monoisotopic (exact) mass is 293 g/mol. The molecular formula is C14H16FN3O3. The topological polar surface area (TPSA) is 95.3 Å². The van der Waals surface area contributed by atoms with E-state index in [4.69, 9.17) is 10.3 Å². The molecule has 0 saturated carbocycles. The molecule has 1 aliphatic rings. The number of rotatable bonds is 5. The maximum absolute atomic E-state index is 13.1. The summed E-state index contributed by atoms with van der Waals surface area (Å²) in [7, 11) is 0. The van der Waals surface area contributed by atoms with Crippen molar-refractivity contribution in [1.29, 1.82) is 0 Å². The predicted molar refractivity (Wildman–Crippen MR) is 73.3 cm³/mol. The van der Waals surface area contributed by atoms with Gasteiger partial charge in [-0.1, -0.05) is 17.2 Å². The zero-order valence-electron chi connectivity index (χ0n) is 11.4. The molecule has 0 aliphatic carbocycles. The van der Waals surface area contributed by atoms with Gasteiger partial charge in [-0.3, -0.25) is 4.79 Å². The van der Waals surface area contributed by atoms with Gasteiger partial charge in [-0.15, -0.1) is 0 Å². The van der Waals surface area contributed by atoms with Gasteiger partial charge in [0.15, 0.2) is 0 Å². The second-order valence-electron chi connectivity index (χ2n) is 5.02. The molecule has 1 N–H and O–H groups in total. The van der Waals surface area contributed by atoms with Crippen LogP contribution in [0.4, 0.5) is 4.39 Å². The van der Waals surface area contributed by atoms with E-state index in [1.54, 1.807) is 12.1 Å². The van der Waals surface area contributed by atoms with E-state index >= 15 is 0 Å². The van der Waals surface area contributed by atoms with Crippen molar-refractivity contribution in [3.63, 3.8) is 0 Å². The molecule has 112 valence electrons. The Kier molecular flexibility index (Phi) is 5.14. The van der Waals surface area contributed by atoms with Crippen molar-refractivity contribution in [3.8, 4) is 0 Å². The second kappa shape index (κ2) is 7.06. The van der Waals surface area contributed by atoms with Crippen LogP contribution in [0.25, 0.3) is 10.4 Å². The summed E-state index contributed by atoms with van der Waals surface area (Å²) in [5.41, 5.74) is 9.30. The number of carboxylic acids is 1. The van der Waals surface area contributed by atoms with Crippen molar-refractivity contribution in [2.45, 2.75) is 24.8 Å². The standard InChI is InChI=1S/C14H16FN3O3/c15-11-3-1-9(2-4-11)12(10-5-7-21-8-6-10)13(14(19)20)17-18-16/h1-4,10,12-13H,5-8H2,(H,19,20)/t12-,13+/m1/s1. The zero-order chi connectivity index (χ0) is 15.2. The highest BCUT2D eigenvalue weighted by atomic mass is 19.1. The number of benzene rings is 1. The Balaban J connectivity index is 2.38. The van der Waals surface area contributed by atoms with E-state index < -0.39 is 17.9 Å². The van der Waals surface area contributed by atoms with Gasteiger partial charge in [0, 0.05) is 24.0 Å². The summed E-state index contributed by atoms with van der Waals surface area (Å²) in [4.78, 5) is 14.1. The average molecular weight is 293 g/mol. The third-order valence-electron chi connectivity index (χ3n) is 3.80. The molecule has 1 aromatic carbocycles. The molecule has 1 aromatic rings. The second-order valence-corrected chi connectivity index (χ2v) is 5.02. The van der Waals surface area contributed by atoms with Crippen LogP contribution in [0.5, 0.6) is 0 Å². The molecule has 1 aliphatic heterocycles. The van der Waals surface area contributed by atoms with Crippen LogP contribution in [0.1, 0.15) is 24.3 Å². The summed E-state index contributed by atoms with van der Waals surface area (Å²) >= 11 is 0. The lowest BCUT2D eigenvalue weighted by Gasteiger charge is -2.32. The van der Waals surface area contributed by atoms with Crippen molar-refractivity contribution in [3.05, 3.63) is 46.1 Å². The van der Waals surface area contributed by atoms with Crippen molar-refractivity contribution in [2.75, 3.05) is 13.2 Å². The van der Waals surface area contributed by atoms with Gasteiger partial charge < -0.3 is 9.84 Å². The quantitative estimate of drug-likeness (QED) is 0.513. The van der Waals surface area contributed by atoms with E-state index in [0.29, 0.717) is 31.6 Å². The van der Waals surface area contributed by atoms with Crippen molar-refractivity contribution >= 4 is 5.97 Å². The van der Waals surface area contributed by atoms with Crippen LogP contribution in [-0.4, -0.2) is 30.3 Å². The number of nitrogens with zero attached hydrogens (tertiary/aromatic N) is 3. The molecule has 0 bridgehead atoms. The highest BCUT2D eigenvalue weighted by Gasteiger charge is 2.35. The van der Waals surface area contributed by atoms with Crippen LogP contribution in [-0.2, 0) is 9.53 Å². The van der Waals surface area contributed by atoms with Gasteiger partial charge in [0.1, 0.15) is 11.9 Å². The molecule has 1 heterocycles. The number of hydrogen-bond acceptors (Lipinski definition) is 3. The minimum Gasteiger partial charge on any atom is -0.481 e. The summed E-state index contributed by atoms with van der Waals surface area (Å²) in [6, 6.07) is 4.48. The zero-order valence-corrected chi connectivity index (χ0v) is 11.4. The van der Waals surface area contributed by atoms with Crippen LogP contribution in [0, 0.1) is 11.7 Å². The molecule has 0 amide bonds. The lowest BCUT2D eigenvalue weighted by Crippen LogP contribution is -2.34. The first kappa shape index (κ1) is 15.3. The predicted octanol–water partition coefficient (Wildman–Crippen LogP) is 3.10. The SMILES string of the molecule is [N-]=[N+]=N[C@H](C(=O)O)[C@H](c1ccc(F)cc1)C1CCOCC1. The van der Waals surface area contributed by atoms with E-state index in [1.165, 1.54) is 12.1 Å². The molecule has 2 rings (SSSR count). The molecule has 0 radical (unpaired) electrons. The summed E-state index contributed by atoms with van der Waals surface area (Å²) in [5.74, 6) is -2.02. The van der Waals surface area contributed by atoms with Crippen LogP contribution in [0.2, 0.25) is 0 Å². The maximum Gasteiger partial charge on any atom is 0.313 e. The van der Waals surface area contributed by atoms with E-state index in [0.717, 1.165) is 0 Å². The first-order valence-corrected chi connectivity index (χ1v) is 6.73. The number of ether oxygens (including phenoxy) is 1. The Labute approximate surface area is 121 Å². The van der Waals surface area contributed by atoms with Crippen LogP contribution < -0.4 is 0 Å². The summed E-state index contributed by atoms with van der Waals surface area (Å²) in [6.45, 7) is 1.09. The normalized spacial score (nSPS) is 18.5. The molecule has 6 nitrogen and oxygen atoms in total. The van der Waals surface area contributed by atoms with E-state index in [9.17, 15) is 14.3 Å². The molecule has 1 saturated heterocycles. The molecule has 1 fully saturated rings. The Bertz CT molecular complexity index is 535. The number of aliphatic carboxylic acids is 1. The van der Waals surface area contributed by atoms with E-state index in [2.05, 4.69) is 10.0 Å². The Morgan fingerprint density at radius 1 is 1.38 bits per heavy atom. The number of azide groups is 1. The molecule has 0 spiro atoms. The number of carbonyl (C=O) groups is 1. The molecular weight excluding hydrogens is 277 g/mol. The van der Waals surface area contributed by atoms with Crippen LogP contribution in [0.3, 0.4) is 0 Å². The van der Waals surface area contributed by atoms with Gasteiger partial charge in [-0.2, -0.15) is 0 Å².